The van der Waals surface area contributed by atoms with Crippen LogP contribution in [0.2, 0.25) is 0 Å². The number of benzene rings is 1. The molecule has 0 radical (unpaired) electrons. The summed E-state index contributed by atoms with van der Waals surface area (Å²) in [5.74, 6) is 2.59. The Balaban J connectivity index is 1.92. The molecular formula is C17H25N. The fraction of sp³-hybridized carbons (Fsp3) is 0.647. The molecule has 3 rings (SSSR count). The summed E-state index contributed by atoms with van der Waals surface area (Å²) < 4.78 is 0. The van der Waals surface area contributed by atoms with Gasteiger partial charge in [0.1, 0.15) is 0 Å². The molecular weight excluding hydrogens is 218 g/mol. The summed E-state index contributed by atoms with van der Waals surface area (Å²) in [4.78, 5) is 0. The Labute approximate surface area is 111 Å². The van der Waals surface area contributed by atoms with Gasteiger partial charge in [-0.05, 0) is 49.0 Å². The fourth-order valence-corrected chi connectivity index (χ4v) is 4.58. The van der Waals surface area contributed by atoms with E-state index in [9.17, 15) is 0 Å². The van der Waals surface area contributed by atoms with Gasteiger partial charge in [-0.2, -0.15) is 0 Å². The first-order valence-electron chi connectivity index (χ1n) is 7.58. The molecule has 0 heterocycles. The third-order valence-electron chi connectivity index (χ3n) is 5.37. The van der Waals surface area contributed by atoms with Crippen LogP contribution >= 0.6 is 0 Å². The third-order valence-corrected chi connectivity index (χ3v) is 5.37. The Kier molecular flexibility index (Phi) is 3.19. The first kappa shape index (κ1) is 12.2. The van der Waals surface area contributed by atoms with E-state index in [1.54, 1.807) is 0 Å². The van der Waals surface area contributed by atoms with Crippen molar-refractivity contribution < 1.29 is 0 Å². The van der Waals surface area contributed by atoms with Gasteiger partial charge in [0.15, 0.2) is 0 Å². The molecule has 0 aliphatic heterocycles. The lowest BCUT2D eigenvalue weighted by molar-refractivity contribution is 0.174. The molecule has 2 N–H and O–H groups in total. The van der Waals surface area contributed by atoms with Crippen molar-refractivity contribution in [2.45, 2.75) is 51.0 Å². The van der Waals surface area contributed by atoms with Crippen molar-refractivity contribution in [1.29, 1.82) is 0 Å². The van der Waals surface area contributed by atoms with Gasteiger partial charge in [-0.1, -0.05) is 50.1 Å². The molecule has 2 aliphatic rings. The van der Waals surface area contributed by atoms with Gasteiger partial charge in [-0.15, -0.1) is 0 Å². The monoisotopic (exact) mass is 243 g/mol. The van der Waals surface area contributed by atoms with Crippen LogP contribution in [0.1, 0.15) is 51.0 Å². The molecule has 1 aromatic rings. The van der Waals surface area contributed by atoms with Crippen molar-refractivity contribution in [3.05, 3.63) is 35.9 Å². The number of rotatable bonds is 4. The zero-order chi connectivity index (χ0) is 12.6. The zero-order valence-electron chi connectivity index (χ0n) is 11.4. The maximum Gasteiger partial charge on any atom is 0.0440 e. The maximum absolute atomic E-state index is 6.92. The van der Waals surface area contributed by atoms with E-state index >= 15 is 0 Å². The van der Waals surface area contributed by atoms with Crippen LogP contribution < -0.4 is 5.73 Å². The van der Waals surface area contributed by atoms with Crippen LogP contribution in [0.25, 0.3) is 0 Å². The van der Waals surface area contributed by atoms with E-state index in [1.165, 1.54) is 37.7 Å². The molecule has 2 bridgehead atoms. The van der Waals surface area contributed by atoms with E-state index in [4.69, 9.17) is 5.73 Å². The van der Waals surface area contributed by atoms with E-state index in [2.05, 4.69) is 37.3 Å². The minimum absolute atomic E-state index is 0.0736. The molecule has 1 nitrogen and oxygen atoms in total. The van der Waals surface area contributed by atoms with Crippen LogP contribution in [-0.2, 0) is 5.54 Å². The van der Waals surface area contributed by atoms with Crippen molar-refractivity contribution in [2.24, 2.45) is 23.5 Å². The minimum atomic E-state index is -0.0736. The molecule has 0 saturated heterocycles. The first-order valence-corrected chi connectivity index (χ1v) is 7.58. The molecule has 4 atom stereocenters. The zero-order valence-corrected chi connectivity index (χ0v) is 11.4. The Morgan fingerprint density at radius 3 is 2.50 bits per heavy atom. The Hall–Kier alpha value is -0.820. The van der Waals surface area contributed by atoms with Crippen molar-refractivity contribution >= 4 is 0 Å². The number of hydrogen-bond donors (Lipinski definition) is 1. The van der Waals surface area contributed by atoms with E-state index in [0.717, 1.165) is 24.2 Å². The highest BCUT2D eigenvalue weighted by molar-refractivity contribution is 5.26. The number of hydrogen-bond acceptors (Lipinski definition) is 1. The summed E-state index contributed by atoms with van der Waals surface area (Å²) in [6.45, 7) is 2.26. The summed E-state index contributed by atoms with van der Waals surface area (Å²) in [6.07, 6.45) is 8.00. The molecule has 4 unspecified atom stereocenters. The summed E-state index contributed by atoms with van der Waals surface area (Å²) in [5, 5.41) is 0. The lowest BCUT2D eigenvalue weighted by Crippen LogP contribution is -2.46. The summed E-state index contributed by atoms with van der Waals surface area (Å²) in [5.41, 5.74) is 8.21. The molecule has 18 heavy (non-hydrogen) atoms. The molecule has 2 aliphatic carbocycles. The first-order chi connectivity index (χ1) is 8.74. The topological polar surface area (TPSA) is 26.0 Å². The summed E-state index contributed by atoms with van der Waals surface area (Å²) in [7, 11) is 0. The standard InChI is InChI=1S/C17H25N/c1-2-10-17(18,15-6-4-3-5-7-15)16-12-13-8-9-14(16)11-13/h3-7,13-14,16H,2,8-12,18H2,1H3. The normalized spacial score (nSPS) is 33.6. The van der Waals surface area contributed by atoms with Gasteiger partial charge in [-0.25, -0.2) is 0 Å². The van der Waals surface area contributed by atoms with E-state index in [0.29, 0.717) is 0 Å². The molecule has 1 heteroatoms. The van der Waals surface area contributed by atoms with Crippen molar-refractivity contribution in [1.82, 2.24) is 0 Å². The smallest absolute Gasteiger partial charge is 0.0440 e. The highest BCUT2D eigenvalue weighted by atomic mass is 14.8. The molecule has 0 amide bonds. The molecule has 0 aromatic heterocycles. The van der Waals surface area contributed by atoms with Crippen molar-refractivity contribution in [2.75, 3.05) is 0 Å². The summed E-state index contributed by atoms with van der Waals surface area (Å²) >= 11 is 0. The van der Waals surface area contributed by atoms with Gasteiger partial charge >= 0.3 is 0 Å². The van der Waals surface area contributed by atoms with Gasteiger partial charge in [0.2, 0.25) is 0 Å². The highest BCUT2D eigenvalue weighted by Crippen LogP contribution is 2.54. The van der Waals surface area contributed by atoms with E-state index in [-0.39, 0.29) is 5.54 Å². The van der Waals surface area contributed by atoms with Gasteiger partial charge in [0, 0.05) is 5.54 Å². The number of fused-ring (bicyclic) bond motifs is 2. The summed E-state index contributed by atoms with van der Waals surface area (Å²) in [6, 6.07) is 10.8. The second-order valence-electron chi connectivity index (χ2n) is 6.44. The fourth-order valence-electron chi connectivity index (χ4n) is 4.58. The molecule has 0 spiro atoms. The van der Waals surface area contributed by atoms with Gasteiger partial charge < -0.3 is 5.73 Å². The average Bonchev–Trinajstić information content (AvgIpc) is 3.02. The quantitative estimate of drug-likeness (QED) is 0.847. The lowest BCUT2D eigenvalue weighted by Gasteiger charge is -2.40. The van der Waals surface area contributed by atoms with E-state index < -0.39 is 0 Å². The lowest BCUT2D eigenvalue weighted by atomic mass is 9.69. The van der Waals surface area contributed by atoms with Gasteiger partial charge in [0.25, 0.3) is 0 Å². The Bertz CT molecular complexity index is 399. The van der Waals surface area contributed by atoms with Crippen LogP contribution in [0.5, 0.6) is 0 Å². The van der Waals surface area contributed by atoms with Gasteiger partial charge in [0.05, 0.1) is 0 Å². The van der Waals surface area contributed by atoms with Crippen LogP contribution in [-0.4, -0.2) is 0 Å². The molecule has 2 fully saturated rings. The van der Waals surface area contributed by atoms with Crippen LogP contribution in [0.3, 0.4) is 0 Å². The predicted octanol–water partition coefficient (Wildman–Crippen LogP) is 4.08. The minimum Gasteiger partial charge on any atom is -0.321 e. The van der Waals surface area contributed by atoms with Crippen molar-refractivity contribution in [3.8, 4) is 0 Å². The second kappa shape index (κ2) is 4.70. The second-order valence-corrected chi connectivity index (χ2v) is 6.44. The van der Waals surface area contributed by atoms with Crippen LogP contribution in [0.15, 0.2) is 30.3 Å². The maximum atomic E-state index is 6.92. The predicted molar refractivity (Wildman–Crippen MR) is 76.2 cm³/mol. The van der Waals surface area contributed by atoms with Crippen molar-refractivity contribution in [3.63, 3.8) is 0 Å². The molecule has 98 valence electrons. The molecule has 1 aromatic carbocycles. The van der Waals surface area contributed by atoms with Gasteiger partial charge in [-0.3, -0.25) is 0 Å². The largest absolute Gasteiger partial charge is 0.321 e. The Morgan fingerprint density at radius 2 is 1.94 bits per heavy atom. The average molecular weight is 243 g/mol. The SMILES string of the molecule is CCCC(N)(c1ccccc1)C1CC2CCC1C2. The van der Waals surface area contributed by atoms with Crippen LogP contribution in [0.4, 0.5) is 0 Å². The Morgan fingerprint density at radius 1 is 1.17 bits per heavy atom. The van der Waals surface area contributed by atoms with Crippen LogP contribution in [0, 0.1) is 17.8 Å². The third kappa shape index (κ3) is 1.89. The van der Waals surface area contributed by atoms with E-state index in [1.807, 2.05) is 0 Å². The number of nitrogens with two attached hydrogens (primary N) is 1. The molecule has 2 saturated carbocycles. The highest BCUT2D eigenvalue weighted by Gasteiger charge is 2.48.